The summed E-state index contributed by atoms with van der Waals surface area (Å²) in [6.07, 6.45) is 2.00. The van der Waals surface area contributed by atoms with Crippen LogP contribution in [0, 0.1) is 0 Å². The molecule has 6 nitrogen and oxygen atoms in total. The number of carbonyl (C=O) groups is 1. The summed E-state index contributed by atoms with van der Waals surface area (Å²) in [5.41, 5.74) is 4.36. The summed E-state index contributed by atoms with van der Waals surface area (Å²) >= 11 is 0. The van der Waals surface area contributed by atoms with Crippen LogP contribution in [0.25, 0.3) is 0 Å². The van der Waals surface area contributed by atoms with E-state index >= 15 is 0 Å². The van der Waals surface area contributed by atoms with Gasteiger partial charge in [0.05, 0.1) is 19.6 Å². The lowest BCUT2D eigenvalue weighted by molar-refractivity contribution is -0.135. The highest BCUT2D eigenvalue weighted by molar-refractivity contribution is 5.79. The van der Waals surface area contributed by atoms with E-state index in [2.05, 4.69) is 12.1 Å². The van der Waals surface area contributed by atoms with E-state index in [0.29, 0.717) is 23.9 Å². The van der Waals surface area contributed by atoms with Crippen molar-refractivity contribution in [1.29, 1.82) is 0 Å². The first-order valence-electron chi connectivity index (χ1n) is 10.8. The summed E-state index contributed by atoms with van der Waals surface area (Å²) in [5, 5.41) is 0. The third-order valence-corrected chi connectivity index (χ3v) is 6.17. The first-order chi connectivity index (χ1) is 15.7. The van der Waals surface area contributed by atoms with E-state index < -0.39 is 0 Å². The zero-order valence-electron chi connectivity index (χ0n) is 17.5. The molecule has 0 spiro atoms. The molecule has 6 rings (SSSR count). The van der Waals surface area contributed by atoms with Gasteiger partial charge in [0, 0.05) is 36.0 Å². The van der Waals surface area contributed by atoms with Gasteiger partial charge in [-0.2, -0.15) is 0 Å². The van der Waals surface area contributed by atoms with Gasteiger partial charge in [0.15, 0.2) is 11.5 Å². The largest absolute Gasteiger partial charge is 0.493 e. The number of para-hydroxylation sites is 1. The maximum Gasteiger partial charge on any atom is 0.312 e. The van der Waals surface area contributed by atoms with Crippen molar-refractivity contribution in [2.75, 3.05) is 20.0 Å². The third kappa shape index (κ3) is 3.42. The van der Waals surface area contributed by atoms with Gasteiger partial charge in [-0.25, -0.2) is 0 Å². The average molecular weight is 430 g/mol. The van der Waals surface area contributed by atoms with Gasteiger partial charge in [-0.3, -0.25) is 4.79 Å². The second kappa shape index (κ2) is 7.79. The van der Waals surface area contributed by atoms with Gasteiger partial charge in [-0.05, 0) is 29.3 Å². The number of carbonyl (C=O) groups excluding carboxylic acids is 1. The summed E-state index contributed by atoms with van der Waals surface area (Å²) < 4.78 is 28.3. The first kappa shape index (κ1) is 19.0. The van der Waals surface area contributed by atoms with E-state index in [9.17, 15) is 4.79 Å². The fourth-order valence-electron chi connectivity index (χ4n) is 4.59. The summed E-state index contributed by atoms with van der Waals surface area (Å²) in [7, 11) is 0. The van der Waals surface area contributed by atoms with Crippen molar-refractivity contribution in [3.8, 4) is 28.7 Å². The van der Waals surface area contributed by atoms with Crippen molar-refractivity contribution in [3.05, 3.63) is 76.9 Å². The molecule has 0 bridgehead atoms. The summed E-state index contributed by atoms with van der Waals surface area (Å²) in [6, 6.07) is 17.9. The molecule has 32 heavy (non-hydrogen) atoms. The standard InChI is InChI=1S/C26H22O6/c27-26-13-19(20-12-24-25(31-15-30-24)14-23(20)32-26)18-3-1-2-4-22(18)29-9-7-16-5-6-21-17(11-16)8-10-28-21/h1-6,11-12,14,19H,7-10,13,15H2/t19-/m1/s1. The molecule has 0 saturated carbocycles. The molecule has 0 amide bonds. The fourth-order valence-corrected chi connectivity index (χ4v) is 4.59. The number of benzene rings is 3. The van der Waals surface area contributed by atoms with Crippen molar-refractivity contribution in [2.24, 2.45) is 0 Å². The Morgan fingerprint density at radius 3 is 2.69 bits per heavy atom. The molecule has 3 heterocycles. The van der Waals surface area contributed by atoms with Crippen LogP contribution < -0.4 is 23.7 Å². The molecular weight excluding hydrogens is 408 g/mol. The number of fused-ring (bicyclic) bond motifs is 3. The highest BCUT2D eigenvalue weighted by atomic mass is 16.7. The van der Waals surface area contributed by atoms with Crippen LogP contribution in [-0.4, -0.2) is 26.0 Å². The molecule has 0 aromatic heterocycles. The topological polar surface area (TPSA) is 63.2 Å². The summed E-state index contributed by atoms with van der Waals surface area (Å²) in [5.74, 6) is 3.12. The van der Waals surface area contributed by atoms with Gasteiger partial charge in [0.1, 0.15) is 17.2 Å². The SMILES string of the molecule is O=C1C[C@H](c2ccccc2OCCc2ccc3c(c2)CCO3)c2cc3c(cc2O1)OCO3. The van der Waals surface area contributed by atoms with E-state index in [-0.39, 0.29) is 25.1 Å². The number of hydrogen-bond donors (Lipinski definition) is 0. The first-order valence-corrected chi connectivity index (χ1v) is 10.8. The molecule has 0 N–H and O–H groups in total. The number of hydrogen-bond acceptors (Lipinski definition) is 6. The van der Waals surface area contributed by atoms with Crippen LogP contribution in [0.3, 0.4) is 0 Å². The van der Waals surface area contributed by atoms with Crippen LogP contribution in [0.1, 0.15) is 34.6 Å². The van der Waals surface area contributed by atoms with Crippen LogP contribution >= 0.6 is 0 Å². The van der Waals surface area contributed by atoms with Gasteiger partial charge in [-0.1, -0.05) is 30.3 Å². The second-order valence-electron chi connectivity index (χ2n) is 8.15. The van der Waals surface area contributed by atoms with Gasteiger partial charge >= 0.3 is 5.97 Å². The minimum atomic E-state index is -0.267. The number of ether oxygens (including phenoxy) is 5. The highest BCUT2D eigenvalue weighted by Crippen LogP contribution is 2.47. The lowest BCUT2D eigenvalue weighted by atomic mass is 9.85. The molecule has 3 aromatic carbocycles. The number of esters is 1. The van der Waals surface area contributed by atoms with Gasteiger partial charge in [0.25, 0.3) is 0 Å². The van der Waals surface area contributed by atoms with E-state index in [4.69, 9.17) is 23.7 Å². The molecule has 3 aliphatic rings. The van der Waals surface area contributed by atoms with Crippen molar-refractivity contribution >= 4 is 5.97 Å². The Labute approximate surface area is 185 Å². The quantitative estimate of drug-likeness (QED) is 0.441. The number of rotatable bonds is 5. The van der Waals surface area contributed by atoms with E-state index in [0.717, 1.165) is 42.1 Å². The molecule has 1 atom stereocenters. The molecule has 3 aliphatic heterocycles. The predicted molar refractivity (Wildman–Crippen MR) is 116 cm³/mol. The highest BCUT2D eigenvalue weighted by Gasteiger charge is 2.33. The lowest BCUT2D eigenvalue weighted by Gasteiger charge is -2.26. The van der Waals surface area contributed by atoms with Crippen molar-refractivity contribution in [1.82, 2.24) is 0 Å². The molecule has 0 unspecified atom stereocenters. The molecular formula is C26H22O6. The molecule has 3 aromatic rings. The van der Waals surface area contributed by atoms with Crippen LogP contribution in [0.4, 0.5) is 0 Å². The van der Waals surface area contributed by atoms with Gasteiger partial charge < -0.3 is 23.7 Å². The maximum absolute atomic E-state index is 12.4. The Bertz CT molecular complexity index is 1200. The molecule has 0 saturated heterocycles. The Morgan fingerprint density at radius 2 is 1.75 bits per heavy atom. The van der Waals surface area contributed by atoms with Crippen LogP contribution in [-0.2, 0) is 17.6 Å². The second-order valence-corrected chi connectivity index (χ2v) is 8.15. The van der Waals surface area contributed by atoms with Crippen molar-refractivity contribution < 1.29 is 28.5 Å². The summed E-state index contributed by atoms with van der Waals surface area (Å²) in [6.45, 7) is 1.47. The van der Waals surface area contributed by atoms with E-state index in [1.165, 1.54) is 11.1 Å². The molecule has 6 heteroatoms. The van der Waals surface area contributed by atoms with Crippen LogP contribution in [0.15, 0.2) is 54.6 Å². The minimum absolute atomic E-state index is 0.172. The minimum Gasteiger partial charge on any atom is -0.493 e. The van der Waals surface area contributed by atoms with Crippen molar-refractivity contribution in [3.63, 3.8) is 0 Å². The third-order valence-electron chi connectivity index (χ3n) is 6.17. The van der Waals surface area contributed by atoms with Gasteiger partial charge in [-0.15, -0.1) is 0 Å². The zero-order chi connectivity index (χ0) is 21.5. The van der Waals surface area contributed by atoms with E-state index in [1.54, 1.807) is 6.07 Å². The van der Waals surface area contributed by atoms with Gasteiger partial charge in [0.2, 0.25) is 6.79 Å². The lowest BCUT2D eigenvalue weighted by Crippen LogP contribution is -2.21. The Kier molecular flexibility index (Phi) is 4.63. The Morgan fingerprint density at radius 1 is 0.875 bits per heavy atom. The fraction of sp³-hybridized carbons (Fsp3) is 0.269. The monoisotopic (exact) mass is 430 g/mol. The predicted octanol–water partition coefficient (Wildman–Crippen LogP) is 4.41. The molecule has 0 radical (unpaired) electrons. The van der Waals surface area contributed by atoms with Crippen LogP contribution in [0.2, 0.25) is 0 Å². The smallest absolute Gasteiger partial charge is 0.312 e. The zero-order valence-corrected chi connectivity index (χ0v) is 17.5. The maximum atomic E-state index is 12.4. The average Bonchev–Trinajstić information content (AvgIpc) is 3.46. The molecule has 162 valence electrons. The Balaban J connectivity index is 1.25. The normalized spacial score (nSPS) is 17.9. The summed E-state index contributed by atoms with van der Waals surface area (Å²) in [4.78, 5) is 12.4. The van der Waals surface area contributed by atoms with E-state index in [1.807, 2.05) is 36.4 Å². The Hall–Kier alpha value is -3.67. The van der Waals surface area contributed by atoms with Crippen molar-refractivity contribution in [2.45, 2.75) is 25.2 Å². The van der Waals surface area contributed by atoms with Crippen LogP contribution in [0.5, 0.6) is 28.7 Å². The molecule has 0 aliphatic carbocycles. The molecule has 0 fully saturated rings.